The van der Waals surface area contributed by atoms with Gasteiger partial charge in [0.2, 0.25) is 0 Å². The number of nitrogens with zero attached hydrogens (tertiary/aromatic N) is 3. The maximum Gasteiger partial charge on any atom is 0.254 e. The van der Waals surface area contributed by atoms with Gasteiger partial charge in [-0.3, -0.25) is 9.69 Å². The van der Waals surface area contributed by atoms with Crippen molar-refractivity contribution in [1.82, 2.24) is 20.0 Å². The summed E-state index contributed by atoms with van der Waals surface area (Å²) in [5, 5.41) is 7.17. The summed E-state index contributed by atoms with van der Waals surface area (Å²) in [6.45, 7) is 4.90. The number of rotatable bonds is 5. The zero-order chi connectivity index (χ0) is 15.2. The highest BCUT2D eigenvalue weighted by Crippen LogP contribution is 2.07. The van der Waals surface area contributed by atoms with E-state index in [4.69, 9.17) is 4.74 Å². The van der Waals surface area contributed by atoms with E-state index in [1.165, 1.54) is 0 Å². The summed E-state index contributed by atoms with van der Waals surface area (Å²) in [6, 6.07) is 9.74. The minimum Gasteiger partial charge on any atom is -0.379 e. The Morgan fingerprint density at radius 1 is 1.23 bits per heavy atom. The second kappa shape index (κ2) is 7.20. The highest BCUT2D eigenvalue weighted by atomic mass is 16.5. The van der Waals surface area contributed by atoms with Crippen molar-refractivity contribution in [2.75, 3.05) is 39.4 Å². The van der Waals surface area contributed by atoms with Crippen LogP contribution in [0.1, 0.15) is 10.4 Å². The number of hydrogen-bond acceptors (Lipinski definition) is 4. The molecule has 3 rings (SSSR count). The Hall–Kier alpha value is -2.18. The molecule has 1 fully saturated rings. The Bertz CT molecular complexity index is 606. The molecule has 1 aliphatic rings. The van der Waals surface area contributed by atoms with E-state index in [2.05, 4.69) is 15.3 Å². The van der Waals surface area contributed by atoms with Gasteiger partial charge in [-0.25, -0.2) is 4.68 Å². The molecular weight excluding hydrogens is 280 g/mol. The molecule has 6 nitrogen and oxygen atoms in total. The van der Waals surface area contributed by atoms with E-state index < -0.39 is 0 Å². The lowest BCUT2D eigenvalue weighted by molar-refractivity contribution is 0.0383. The van der Waals surface area contributed by atoms with Crippen LogP contribution in [0.25, 0.3) is 5.69 Å². The molecule has 0 aliphatic carbocycles. The molecule has 2 heterocycles. The molecule has 1 N–H and O–H groups in total. The van der Waals surface area contributed by atoms with Gasteiger partial charge in [-0.2, -0.15) is 5.10 Å². The number of morpholine rings is 1. The van der Waals surface area contributed by atoms with Gasteiger partial charge in [0, 0.05) is 32.4 Å². The summed E-state index contributed by atoms with van der Waals surface area (Å²) in [4.78, 5) is 14.4. The van der Waals surface area contributed by atoms with Crippen molar-refractivity contribution in [2.45, 2.75) is 0 Å². The Balaban J connectivity index is 1.51. The van der Waals surface area contributed by atoms with Gasteiger partial charge in [0.1, 0.15) is 0 Å². The summed E-state index contributed by atoms with van der Waals surface area (Å²) >= 11 is 0. The topological polar surface area (TPSA) is 59.4 Å². The maximum absolute atomic E-state index is 12.1. The number of benzene rings is 1. The van der Waals surface area contributed by atoms with Gasteiger partial charge in [0.05, 0.1) is 30.7 Å². The van der Waals surface area contributed by atoms with Gasteiger partial charge < -0.3 is 10.1 Å². The Kier molecular flexibility index (Phi) is 4.82. The van der Waals surface area contributed by atoms with Crippen molar-refractivity contribution in [3.8, 4) is 5.69 Å². The third kappa shape index (κ3) is 3.72. The smallest absolute Gasteiger partial charge is 0.254 e. The number of carbonyl (C=O) groups is 1. The number of ether oxygens (including phenoxy) is 1. The largest absolute Gasteiger partial charge is 0.379 e. The molecule has 1 saturated heterocycles. The van der Waals surface area contributed by atoms with Gasteiger partial charge in [-0.1, -0.05) is 18.2 Å². The summed E-state index contributed by atoms with van der Waals surface area (Å²) in [7, 11) is 0. The Morgan fingerprint density at radius 3 is 2.77 bits per heavy atom. The quantitative estimate of drug-likeness (QED) is 0.892. The van der Waals surface area contributed by atoms with Crippen molar-refractivity contribution < 1.29 is 9.53 Å². The van der Waals surface area contributed by atoms with Crippen LogP contribution in [0.2, 0.25) is 0 Å². The molecule has 0 spiro atoms. The van der Waals surface area contributed by atoms with Crippen molar-refractivity contribution in [1.29, 1.82) is 0 Å². The molecule has 6 heteroatoms. The van der Waals surface area contributed by atoms with E-state index >= 15 is 0 Å². The molecule has 0 saturated carbocycles. The van der Waals surface area contributed by atoms with Crippen LogP contribution in [-0.2, 0) is 4.74 Å². The second-order valence-corrected chi connectivity index (χ2v) is 5.22. The minimum absolute atomic E-state index is 0.0876. The zero-order valence-corrected chi connectivity index (χ0v) is 12.4. The van der Waals surface area contributed by atoms with Crippen molar-refractivity contribution in [2.24, 2.45) is 0 Å². The highest BCUT2D eigenvalue weighted by molar-refractivity contribution is 5.93. The van der Waals surface area contributed by atoms with Crippen LogP contribution < -0.4 is 5.32 Å². The first kappa shape index (κ1) is 14.7. The minimum atomic E-state index is -0.0876. The van der Waals surface area contributed by atoms with E-state index in [1.54, 1.807) is 17.1 Å². The summed E-state index contributed by atoms with van der Waals surface area (Å²) in [5.74, 6) is -0.0876. The highest BCUT2D eigenvalue weighted by Gasteiger charge is 2.12. The number of nitrogens with one attached hydrogen (secondary N) is 1. The van der Waals surface area contributed by atoms with Gasteiger partial charge in [-0.05, 0) is 12.1 Å². The predicted molar refractivity (Wildman–Crippen MR) is 83.2 cm³/mol. The van der Waals surface area contributed by atoms with Gasteiger partial charge in [-0.15, -0.1) is 0 Å². The fourth-order valence-electron chi connectivity index (χ4n) is 2.42. The van der Waals surface area contributed by atoms with Crippen LogP contribution in [0.4, 0.5) is 0 Å². The van der Waals surface area contributed by atoms with Crippen LogP contribution in [0.15, 0.2) is 42.7 Å². The monoisotopic (exact) mass is 300 g/mol. The maximum atomic E-state index is 12.1. The Labute approximate surface area is 129 Å². The third-order valence-electron chi connectivity index (χ3n) is 3.68. The Morgan fingerprint density at radius 2 is 2.00 bits per heavy atom. The fraction of sp³-hybridized carbons (Fsp3) is 0.375. The SMILES string of the molecule is O=C(NCCN1CCOCC1)c1cnn(-c2ccccc2)c1. The average molecular weight is 300 g/mol. The molecule has 1 aliphatic heterocycles. The lowest BCUT2D eigenvalue weighted by atomic mass is 10.3. The molecule has 22 heavy (non-hydrogen) atoms. The summed E-state index contributed by atoms with van der Waals surface area (Å²) < 4.78 is 7.01. The lowest BCUT2D eigenvalue weighted by Gasteiger charge is -2.26. The fourth-order valence-corrected chi connectivity index (χ4v) is 2.42. The number of hydrogen-bond donors (Lipinski definition) is 1. The van der Waals surface area contributed by atoms with E-state index in [1.807, 2.05) is 30.3 Å². The van der Waals surface area contributed by atoms with Gasteiger partial charge in [0.25, 0.3) is 5.91 Å². The van der Waals surface area contributed by atoms with Gasteiger partial charge >= 0.3 is 0 Å². The third-order valence-corrected chi connectivity index (χ3v) is 3.68. The molecule has 2 aromatic rings. The number of carbonyl (C=O) groups excluding carboxylic acids is 1. The van der Waals surface area contributed by atoms with Crippen LogP contribution >= 0.6 is 0 Å². The molecule has 1 aromatic heterocycles. The van der Waals surface area contributed by atoms with Crippen molar-refractivity contribution in [3.05, 3.63) is 48.3 Å². The van der Waals surface area contributed by atoms with Crippen LogP contribution in [-0.4, -0.2) is 60.0 Å². The van der Waals surface area contributed by atoms with Crippen molar-refractivity contribution in [3.63, 3.8) is 0 Å². The molecule has 0 radical (unpaired) electrons. The molecule has 0 bridgehead atoms. The lowest BCUT2D eigenvalue weighted by Crippen LogP contribution is -2.41. The van der Waals surface area contributed by atoms with Crippen LogP contribution in [0.3, 0.4) is 0 Å². The normalized spacial score (nSPS) is 15.6. The number of aromatic nitrogens is 2. The molecule has 0 atom stereocenters. The first-order chi connectivity index (χ1) is 10.8. The molecule has 1 amide bonds. The summed E-state index contributed by atoms with van der Waals surface area (Å²) in [6.07, 6.45) is 3.34. The molecule has 0 unspecified atom stereocenters. The van der Waals surface area contributed by atoms with Gasteiger partial charge in [0.15, 0.2) is 0 Å². The van der Waals surface area contributed by atoms with Crippen LogP contribution in [0.5, 0.6) is 0 Å². The number of amides is 1. The molecular formula is C16H20N4O2. The average Bonchev–Trinajstić information content (AvgIpc) is 3.07. The standard InChI is InChI=1S/C16H20N4O2/c21-16(17-6-7-19-8-10-22-11-9-19)14-12-18-20(13-14)15-4-2-1-3-5-15/h1-5,12-13H,6-11H2,(H,17,21). The van der Waals surface area contributed by atoms with Crippen LogP contribution in [0, 0.1) is 0 Å². The number of para-hydroxylation sites is 1. The molecule has 1 aromatic carbocycles. The summed E-state index contributed by atoms with van der Waals surface area (Å²) in [5.41, 5.74) is 1.51. The van der Waals surface area contributed by atoms with E-state index in [-0.39, 0.29) is 5.91 Å². The molecule has 116 valence electrons. The van der Waals surface area contributed by atoms with E-state index in [0.717, 1.165) is 38.5 Å². The first-order valence-corrected chi connectivity index (χ1v) is 7.51. The predicted octanol–water partition coefficient (Wildman–Crippen LogP) is 0.934. The van der Waals surface area contributed by atoms with E-state index in [9.17, 15) is 4.79 Å². The van der Waals surface area contributed by atoms with E-state index in [0.29, 0.717) is 12.1 Å². The van der Waals surface area contributed by atoms with Crippen molar-refractivity contribution >= 4 is 5.91 Å². The first-order valence-electron chi connectivity index (χ1n) is 7.51. The zero-order valence-electron chi connectivity index (χ0n) is 12.4. The second-order valence-electron chi connectivity index (χ2n) is 5.22.